The summed E-state index contributed by atoms with van der Waals surface area (Å²) in [6.07, 6.45) is 1.51. The van der Waals surface area contributed by atoms with Crippen LogP contribution < -0.4 is 15.0 Å². The smallest absolute Gasteiger partial charge is 0.407 e. The zero-order chi connectivity index (χ0) is 22.3. The molecule has 0 saturated carbocycles. The second kappa shape index (κ2) is 10.9. The van der Waals surface area contributed by atoms with E-state index in [0.29, 0.717) is 6.61 Å². The highest BCUT2D eigenvalue weighted by atomic mass is 16.6. The molecule has 30 heavy (non-hydrogen) atoms. The molecule has 7 nitrogen and oxygen atoms in total. The van der Waals surface area contributed by atoms with Gasteiger partial charge in [0.25, 0.3) is 0 Å². The van der Waals surface area contributed by atoms with E-state index >= 15 is 0 Å². The van der Waals surface area contributed by atoms with Crippen molar-refractivity contribution in [2.75, 3.05) is 59.3 Å². The topological polar surface area (TPSA) is 57.3 Å². The number of nitrogens with one attached hydrogen (secondary N) is 1. The number of ether oxygens (including phenoxy) is 2. The number of likely N-dealkylation sites (N-methyl/N-ethyl adjacent to an activating group) is 1. The van der Waals surface area contributed by atoms with Crippen molar-refractivity contribution in [2.24, 2.45) is 0 Å². The molecular formula is C23H40N4O3. The molecule has 1 aliphatic heterocycles. The van der Waals surface area contributed by atoms with Gasteiger partial charge < -0.3 is 24.6 Å². The van der Waals surface area contributed by atoms with Gasteiger partial charge in [-0.05, 0) is 59.8 Å². The highest BCUT2D eigenvalue weighted by Gasteiger charge is 2.25. The lowest BCUT2D eigenvalue weighted by molar-refractivity contribution is 0.0477. The van der Waals surface area contributed by atoms with E-state index in [1.807, 2.05) is 20.8 Å². The summed E-state index contributed by atoms with van der Waals surface area (Å²) in [6, 6.07) is 6.43. The average Bonchev–Trinajstić information content (AvgIpc) is 2.62. The second-order valence-electron chi connectivity index (χ2n) is 9.50. The minimum atomic E-state index is -0.469. The molecule has 0 radical (unpaired) electrons. The first-order chi connectivity index (χ1) is 14.0. The molecule has 0 unspecified atom stereocenters. The first-order valence-electron chi connectivity index (χ1n) is 10.8. The van der Waals surface area contributed by atoms with Gasteiger partial charge in [-0.25, -0.2) is 4.79 Å². The molecule has 0 aromatic heterocycles. The number of benzene rings is 1. The zero-order valence-electron chi connectivity index (χ0n) is 19.8. The van der Waals surface area contributed by atoms with Crippen LogP contribution in [-0.2, 0) is 11.3 Å². The Bertz CT molecular complexity index is 678. The quantitative estimate of drug-likeness (QED) is 0.697. The molecule has 0 spiro atoms. The molecule has 2 rings (SSSR count). The number of carbonyl (C=O) groups is 1. The van der Waals surface area contributed by atoms with Gasteiger partial charge >= 0.3 is 6.09 Å². The number of rotatable bonds is 8. The Balaban J connectivity index is 1.97. The van der Waals surface area contributed by atoms with Crippen molar-refractivity contribution in [2.45, 2.75) is 51.8 Å². The molecule has 1 aromatic rings. The Hall–Kier alpha value is -1.99. The van der Waals surface area contributed by atoms with Crippen LogP contribution in [0.5, 0.6) is 5.75 Å². The fourth-order valence-corrected chi connectivity index (χ4v) is 3.54. The van der Waals surface area contributed by atoms with Crippen molar-refractivity contribution in [1.82, 2.24) is 15.1 Å². The summed E-state index contributed by atoms with van der Waals surface area (Å²) in [5, 5.41) is 3.01. The van der Waals surface area contributed by atoms with E-state index in [9.17, 15) is 4.79 Å². The van der Waals surface area contributed by atoms with Gasteiger partial charge in [0.15, 0.2) is 0 Å². The lowest BCUT2D eigenvalue weighted by Crippen LogP contribution is -2.45. The van der Waals surface area contributed by atoms with Crippen LogP contribution in [0, 0.1) is 0 Å². The lowest BCUT2D eigenvalue weighted by Gasteiger charge is -2.34. The van der Waals surface area contributed by atoms with Gasteiger partial charge in [-0.1, -0.05) is 6.07 Å². The molecule has 1 aromatic carbocycles. The van der Waals surface area contributed by atoms with Gasteiger partial charge in [0.2, 0.25) is 0 Å². The maximum atomic E-state index is 12.0. The molecule has 1 aliphatic rings. The molecule has 1 saturated heterocycles. The first kappa shape index (κ1) is 24.3. The van der Waals surface area contributed by atoms with Crippen molar-refractivity contribution in [3.63, 3.8) is 0 Å². The molecule has 1 heterocycles. The predicted molar refractivity (Wildman–Crippen MR) is 122 cm³/mol. The SMILES string of the molecule is CN(C)CCOc1cccc(N(C)C)c1CN1CCC(NC(=O)OC(C)(C)C)CC1. The summed E-state index contributed by atoms with van der Waals surface area (Å²) in [7, 11) is 8.24. The highest BCUT2D eigenvalue weighted by molar-refractivity contribution is 5.68. The summed E-state index contributed by atoms with van der Waals surface area (Å²) in [4.78, 5) is 18.7. The monoisotopic (exact) mass is 420 g/mol. The van der Waals surface area contributed by atoms with Crippen molar-refractivity contribution in [1.29, 1.82) is 0 Å². The van der Waals surface area contributed by atoms with Gasteiger partial charge in [0.1, 0.15) is 18.0 Å². The highest BCUT2D eigenvalue weighted by Crippen LogP contribution is 2.31. The number of carbonyl (C=O) groups excluding carboxylic acids is 1. The van der Waals surface area contributed by atoms with E-state index in [-0.39, 0.29) is 12.1 Å². The molecule has 0 atom stereocenters. The van der Waals surface area contributed by atoms with Crippen LogP contribution in [0.15, 0.2) is 18.2 Å². The van der Waals surface area contributed by atoms with E-state index in [4.69, 9.17) is 9.47 Å². The average molecular weight is 421 g/mol. The summed E-state index contributed by atoms with van der Waals surface area (Å²) in [5.74, 6) is 0.956. The standard InChI is InChI=1S/C23H40N4O3/c1-23(2,3)30-22(28)24-18-11-13-27(14-12-18)17-19-20(26(6)7)9-8-10-21(19)29-16-15-25(4)5/h8-10,18H,11-17H2,1-7H3,(H,24,28). The number of alkyl carbamates (subject to hydrolysis) is 1. The number of anilines is 1. The van der Waals surface area contributed by atoms with Crippen molar-refractivity contribution < 1.29 is 14.3 Å². The maximum absolute atomic E-state index is 12.0. The van der Waals surface area contributed by atoms with Gasteiger partial charge in [0, 0.05) is 57.6 Å². The van der Waals surface area contributed by atoms with Crippen molar-refractivity contribution in [3.05, 3.63) is 23.8 Å². The minimum Gasteiger partial charge on any atom is -0.492 e. The van der Waals surface area contributed by atoms with Gasteiger partial charge in [0.05, 0.1) is 0 Å². The number of amides is 1. The van der Waals surface area contributed by atoms with Crippen LogP contribution >= 0.6 is 0 Å². The number of nitrogens with zero attached hydrogens (tertiary/aromatic N) is 3. The van der Waals surface area contributed by atoms with Crippen LogP contribution in [0.1, 0.15) is 39.2 Å². The minimum absolute atomic E-state index is 0.163. The van der Waals surface area contributed by atoms with Crippen LogP contribution in [-0.4, -0.2) is 82.0 Å². The van der Waals surface area contributed by atoms with E-state index in [1.165, 1.54) is 11.3 Å². The Morgan fingerprint density at radius 1 is 1.17 bits per heavy atom. The van der Waals surface area contributed by atoms with E-state index < -0.39 is 5.60 Å². The molecule has 7 heteroatoms. The molecule has 1 N–H and O–H groups in total. The van der Waals surface area contributed by atoms with Crippen molar-refractivity contribution in [3.8, 4) is 5.75 Å². The molecule has 1 amide bonds. The summed E-state index contributed by atoms with van der Waals surface area (Å²) >= 11 is 0. The number of piperidine rings is 1. The number of likely N-dealkylation sites (tertiary alicyclic amines) is 1. The molecule has 170 valence electrons. The Labute approximate surface area is 182 Å². The van der Waals surface area contributed by atoms with Crippen LogP contribution in [0.3, 0.4) is 0 Å². The largest absolute Gasteiger partial charge is 0.492 e. The molecule has 0 aliphatic carbocycles. The van der Waals surface area contributed by atoms with Gasteiger partial charge in [-0.2, -0.15) is 0 Å². The second-order valence-corrected chi connectivity index (χ2v) is 9.50. The Morgan fingerprint density at radius 3 is 2.40 bits per heavy atom. The lowest BCUT2D eigenvalue weighted by atomic mass is 10.0. The van der Waals surface area contributed by atoms with Crippen molar-refractivity contribution >= 4 is 11.8 Å². The van der Waals surface area contributed by atoms with E-state index in [0.717, 1.165) is 44.8 Å². The molecule has 0 bridgehead atoms. The van der Waals surface area contributed by atoms with Crippen LogP contribution in [0.2, 0.25) is 0 Å². The third kappa shape index (κ3) is 8.03. The van der Waals surface area contributed by atoms with Crippen LogP contribution in [0.4, 0.5) is 10.5 Å². The third-order valence-corrected chi connectivity index (χ3v) is 5.08. The third-order valence-electron chi connectivity index (χ3n) is 5.08. The maximum Gasteiger partial charge on any atom is 0.407 e. The molecular weight excluding hydrogens is 380 g/mol. The molecule has 1 fully saturated rings. The predicted octanol–water partition coefficient (Wildman–Crippen LogP) is 3.18. The Morgan fingerprint density at radius 2 is 1.83 bits per heavy atom. The summed E-state index contributed by atoms with van der Waals surface area (Å²) in [6.45, 7) is 9.90. The fraction of sp³-hybridized carbons (Fsp3) is 0.696. The first-order valence-corrected chi connectivity index (χ1v) is 10.8. The number of hydrogen-bond acceptors (Lipinski definition) is 6. The summed E-state index contributed by atoms with van der Waals surface area (Å²) < 4.78 is 11.5. The fourth-order valence-electron chi connectivity index (χ4n) is 3.54. The normalized spacial score (nSPS) is 15.9. The van der Waals surface area contributed by atoms with Crippen LogP contribution in [0.25, 0.3) is 0 Å². The van der Waals surface area contributed by atoms with Gasteiger partial charge in [-0.3, -0.25) is 4.90 Å². The van der Waals surface area contributed by atoms with Gasteiger partial charge in [-0.15, -0.1) is 0 Å². The number of hydrogen-bond donors (Lipinski definition) is 1. The Kier molecular flexibility index (Phi) is 8.79. The summed E-state index contributed by atoms with van der Waals surface area (Å²) in [5.41, 5.74) is 1.94. The van der Waals surface area contributed by atoms with E-state index in [2.05, 4.69) is 66.4 Å². The zero-order valence-corrected chi connectivity index (χ0v) is 19.8. The van der Waals surface area contributed by atoms with E-state index in [1.54, 1.807) is 0 Å².